The van der Waals surface area contributed by atoms with Gasteiger partial charge in [0.25, 0.3) is 11.6 Å². The van der Waals surface area contributed by atoms with Crippen molar-refractivity contribution in [1.29, 1.82) is 0 Å². The monoisotopic (exact) mass is 389 g/mol. The molecule has 0 radical (unpaired) electrons. The molecule has 0 aromatic heterocycles. The van der Waals surface area contributed by atoms with Crippen molar-refractivity contribution in [1.82, 2.24) is 10.2 Å². The van der Waals surface area contributed by atoms with Gasteiger partial charge in [-0.3, -0.25) is 24.6 Å². The van der Waals surface area contributed by atoms with E-state index in [4.69, 9.17) is 0 Å². The van der Waals surface area contributed by atoms with Gasteiger partial charge in [0.05, 0.1) is 11.3 Å². The largest absolute Gasteiger partial charge is 0.477 e. The molecule has 2 N–H and O–H groups in total. The van der Waals surface area contributed by atoms with Crippen molar-refractivity contribution in [3.63, 3.8) is 0 Å². The maximum atomic E-state index is 12.4. The first-order valence-electron chi connectivity index (χ1n) is 7.89. The standard InChI is InChI=1S/C17H15N3O6S/c1-2-10-8-27-16-13(15(22)19(16)14(10)17(23)24)18-12(21)7-9-3-5-11(6-4-9)20(25)26/h2-6,13,16H,1,7-8H2,(H,18,21)(H,23,24)/t13-,16+/m1/s1. The Morgan fingerprint density at radius 2 is 2.07 bits per heavy atom. The van der Waals surface area contributed by atoms with E-state index in [0.717, 1.165) is 0 Å². The van der Waals surface area contributed by atoms with Gasteiger partial charge in [0, 0.05) is 17.9 Å². The smallest absolute Gasteiger partial charge is 0.352 e. The molecule has 1 aromatic rings. The highest BCUT2D eigenvalue weighted by molar-refractivity contribution is 8.00. The molecule has 0 bridgehead atoms. The third-order valence-corrected chi connectivity index (χ3v) is 5.58. The van der Waals surface area contributed by atoms with E-state index in [-0.39, 0.29) is 17.8 Å². The van der Waals surface area contributed by atoms with Crippen molar-refractivity contribution in [3.8, 4) is 0 Å². The van der Waals surface area contributed by atoms with Gasteiger partial charge in [-0.05, 0) is 11.1 Å². The van der Waals surface area contributed by atoms with Crippen LogP contribution in [0.25, 0.3) is 0 Å². The first kappa shape index (κ1) is 18.6. The Morgan fingerprint density at radius 1 is 1.41 bits per heavy atom. The summed E-state index contributed by atoms with van der Waals surface area (Å²) in [5, 5.41) is 22.1. The number of thioether (sulfide) groups is 1. The number of nitrogens with one attached hydrogen (secondary N) is 1. The van der Waals surface area contributed by atoms with Gasteiger partial charge in [-0.25, -0.2) is 4.79 Å². The zero-order valence-electron chi connectivity index (χ0n) is 14.0. The molecule has 2 heterocycles. The minimum absolute atomic E-state index is 0.0430. The van der Waals surface area contributed by atoms with Gasteiger partial charge in [-0.1, -0.05) is 24.8 Å². The van der Waals surface area contributed by atoms with Crippen LogP contribution in [0.2, 0.25) is 0 Å². The van der Waals surface area contributed by atoms with E-state index in [0.29, 0.717) is 16.9 Å². The van der Waals surface area contributed by atoms with Gasteiger partial charge in [0.15, 0.2) is 0 Å². The molecule has 140 valence electrons. The minimum Gasteiger partial charge on any atom is -0.477 e. The fraction of sp³-hybridized carbons (Fsp3) is 0.235. The Balaban J connectivity index is 1.66. The second-order valence-corrected chi connectivity index (χ2v) is 7.04. The van der Waals surface area contributed by atoms with Crippen molar-refractivity contribution >= 4 is 35.2 Å². The number of hydrogen-bond acceptors (Lipinski definition) is 6. The number of β-lactam (4-membered cyclic amide) rings is 1. The summed E-state index contributed by atoms with van der Waals surface area (Å²) in [4.78, 5) is 47.3. The van der Waals surface area contributed by atoms with Crippen LogP contribution < -0.4 is 5.32 Å². The molecule has 1 aromatic carbocycles. The zero-order chi connectivity index (χ0) is 19.7. The molecule has 9 nitrogen and oxygen atoms in total. The number of nitro groups is 1. The fourth-order valence-electron chi connectivity index (χ4n) is 2.94. The number of benzene rings is 1. The lowest BCUT2D eigenvalue weighted by Crippen LogP contribution is -2.70. The maximum absolute atomic E-state index is 12.4. The SMILES string of the molecule is C=CC1=C(C(=O)O)N2C(=O)[C@@H](NC(=O)Cc3ccc([N+](=O)[O-])cc3)[C@@H]2SC1. The number of carbonyl (C=O) groups is 3. The lowest BCUT2D eigenvalue weighted by molar-refractivity contribution is -0.384. The normalized spacial score (nSPS) is 21.2. The molecule has 2 amide bonds. The number of aliphatic carboxylic acids is 1. The van der Waals surface area contributed by atoms with Crippen LogP contribution in [0.3, 0.4) is 0 Å². The molecule has 2 atom stereocenters. The van der Waals surface area contributed by atoms with E-state index < -0.39 is 34.1 Å². The van der Waals surface area contributed by atoms with Crippen LogP contribution in [0, 0.1) is 10.1 Å². The van der Waals surface area contributed by atoms with Crippen LogP contribution in [0.1, 0.15) is 5.56 Å². The van der Waals surface area contributed by atoms with Crippen LogP contribution in [0.15, 0.2) is 48.2 Å². The molecule has 3 rings (SSSR count). The number of carbonyl (C=O) groups excluding carboxylic acids is 2. The van der Waals surface area contributed by atoms with E-state index in [1.54, 1.807) is 0 Å². The first-order valence-corrected chi connectivity index (χ1v) is 8.94. The zero-order valence-corrected chi connectivity index (χ0v) is 14.8. The summed E-state index contributed by atoms with van der Waals surface area (Å²) < 4.78 is 0. The Labute approximate surface area is 157 Å². The van der Waals surface area contributed by atoms with E-state index in [1.165, 1.54) is 47.0 Å². The van der Waals surface area contributed by atoms with Crippen LogP contribution in [0.4, 0.5) is 5.69 Å². The van der Waals surface area contributed by atoms with Crippen molar-refractivity contribution in [3.05, 3.63) is 63.9 Å². The summed E-state index contributed by atoms with van der Waals surface area (Å²) in [5.74, 6) is -1.73. The first-order chi connectivity index (χ1) is 12.8. The number of carboxylic acids is 1. The molecular formula is C17H15N3O6S. The third kappa shape index (κ3) is 3.43. The number of carboxylic acid groups (broad SMARTS) is 1. The second kappa shape index (κ2) is 7.23. The number of non-ortho nitro benzene ring substituents is 1. The molecule has 0 aliphatic carbocycles. The summed E-state index contributed by atoms with van der Waals surface area (Å²) in [6.45, 7) is 3.57. The fourth-order valence-corrected chi connectivity index (χ4v) is 4.29. The highest BCUT2D eigenvalue weighted by atomic mass is 32.2. The van der Waals surface area contributed by atoms with Crippen LogP contribution >= 0.6 is 11.8 Å². The number of nitrogens with zero attached hydrogens (tertiary/aromatic N) is 2. The predicted octanol–water partition coefficient (Wildman–Crippen LogP) is 1.06. The number of hydrogen-bond donors (Lipinski definition) is 2. The Kier molecular flexibility index (Phi) is 5.00. The molecular weight excluding hydrogens is 374 g/mol. The lowest BCUT2D eigenvalue weighted by atomic mass is 10.0. The van der Waals surface area contributed by atoms with E-state index in [9.17, 15) is 29.6 Å². The summed E-state index contributed by atoms with van der Waals surface area (Å²) in [6, 6.07) is 4.75. The number of fused-ring (bicyclic) bond motifs is 1. The summed E-state index contributed by atoms with van der Waals surface area (Å²) in [5.41, 5.74) is 0.860. The third-order valence-electron chi connectivity index (χ3n) is 4.28. The van der Waals surface area contributed by atoms with Crippen molar-refractivity contribution < 1.29 is 24.4 Å². The van der Waals surface area contributed by atoms with Crippen LogP contribution in [-0.4, -0.2) is 49.9 Å². The molecule has 2 aliphatic heterocycles. The van der Waals surface area contributed by atoms with Gasteiger partial charge in [-0.15, -0.1) is 11.8 Å². The molecule has 0 saturated carbocycles. The molecule has 27 heavy (non-hydrogen) atoms. The van der Waals surface area contributed by atoms with Gasteiger partial charge in [0.2, 0.25) is 5.91 Å². The van der Waals surface area contributed by atoms with E-state index >= 15 is 0 Å². The highest BCUT2D eigenvalue weighted by Crippen LogP contribution is 2.40. The van der Waals surface area contributed by atoms with Gasteiger partial charge in [-0.2, -0.15) is 0 Å². The number of rotatable bonds is 6. The van der Waals surface area contributed by atoms with Crippen LogP contribution in [0.5, 0.6) is 0 Å². The highest BCUT2D eigenvalue weighted by Gasteiger charge is 2.53. The Hall–Kier alpha value is -3.14. The lowest BCUT2D eigenvalue weighted by Gasteiger charge is -2.49. The maximum Gasteiger partial charge on any atom is 0.352 e. The van der Waals surface area contributed by atoms with E-state index in [1.807, 2.05) is 0 Å². The minimum atomic E-state index is -1.21. The number of nitro benzene ring substituents is 1. The van der Waals surface area contributed by atoms with Gasteiger partial charge >= 0.3 is 5.97 Å². The summed E-state index contributed by atoms with van der Waals surface area (Å²) in [6.07, 6.45) is 1.37. The van der Waals surface area contributed by atoms with E-state index in [2.05, 4.69) is 11.9 Å². The average Bonchev–Trinajstić information content (AvgIpc) is 2.65. The van der Waals surface area contributed by atoms with Crippen molar-refractivity contribution in [2.24, 2.45) is 0 Å². The molecule has 2 aliphatic rings. The topological polar surface area (TPSA) is 130 Å². The Bertz CT molecular complexity index is 879. The van der Waals surface area contributed by atoms with Gasteiger partial charge in [0.1, 0.15) is 17.1 Å². The molecule has 1 saturated heterocycles. The van der Waals surface area contributed by atoms with Crippen molar-refractivity contribution in [2.75, 3.05) is 5.75 Å². The Morgan fingerprint density at radius 3 is 2.63 bits per heavy atom. The molecule has 0 unspecified atom stereocenters. The van der Waals surface area contributed by atoms with Crippen LogP contribution in [-0.2, 0) is 20.8 Å². The summed E-state index contributed by atoms with van der Waals surface area (Å²) in [7, 11) is 0. The number of amides is 2. The summed E-state index contributed by atoms with van der Waals surface area (Å²) >= 11 is 1.36. The molecule has 0 spiro atoms. The van der Waals surface area contributed by atoms with Gasteiger partial charge < -0.3 is 10.4 Å². The average molecular weight is 389 g/mol. The van der Waals surface area contributed by atoms with Crippen molar-refractivity contribution in [2.45, 2.75) is 17.8 Å². The molecule has 1 fully saturated rings. The number of allylic oxidation sites excluding steroid dienone is 1. The molecule has 10 heteroatoms. The quantitative estimate of drug-likeness (QED) is 0.423. The second-order valence-electron chi connectivity index (χ2n) is 5.94. The predicted molar refractivity (Wildman–Crippen MR) is 96.7 cm³/mol.